The summed E-state index contributed by atoms with van der Waals surface area (Å²) in [6.07, 6.45) is 1.05. The fourth-order valence-electron chi connectivity index (χ4n) is 2.11. The second-order valence-corrected chi connectivity index (χ2v) is 5.45. The molecule has 2 nitrogen and oxygen atoms in total. The Morgan fingerprint density at radius 2 is 1.85 bits per heavy atom. The van der Waals surface area contributed by atoms with Crippen molar-refractivity contribution >= 4 is 23.2 Å². The van der Waals surface area contributed by atoms with Gasteiger partial charge in [0.25, 0.3) is 0 Å². The predicted molar refractivity (Wildman–Crippen MR) is 81.4 cm³/mol. The SMILES string of the molecule is NNC(Cc1cccc(Cl)c1)Cc1c(F)cccc1Cl. The summed E-state index contributed by atoms with van der Waals surface area (Å²) >= 11 is 12.0. The van der Waals surface area contributed by atoms with Gasteiger partial charge in [-0.2, -0.15) is 0 Å². The van der Waals surface area contributed by atoms with Gasteiger partial charge in [-0.15, -0.1) is 0 Å². The number of nitrogens with one attached hydrogen (secondary N) is 1. The van der Waals surface area contributed by atoms with Gasteiger partial charge in [-0.25, -0.2) is 4.39 Å². The Hall–Kier alpha value is -1.13. The summed E-state index contributed by atoms with van der Waals surface area (Å²) in [6.45, 7) is 0. The monoisotopic (exact) mass is 312 g/mol. The standard InChI is InChI=1S/C15H15Cl2FN2/c16-11-4-1-3-10(7-11)8-12(20-19)9-13-14(17)5-2-6-15(13)18/h1-7,12,20H,8-9,19H2. The van der Waals surface area contributed by atoms with E-state index in [2.05, 4.69) is 5.43 Å². The van der Waals surface area contributed by atoms with Gasteiger partial charge in [-0.3, -0.25) is 11.3 Å². The normalized spacial score (nSPS) is 12.4. The minimum atomic E-state index is -0.316. The molecule has 3 N–H and O–H groups in total. The van der Waals surface area contributed by atoms with Crippen LogP contribution in [-0.2, 0) is 12.8 Å². The molecule has 20 heavy (non-hydrogen) atoms. The summed E-state index contributed by atoms with van der Waals surface area (Å²) in [5.41, 5.74) is 4.21. The van der Waals surface area contributed by atoms with Gasteiger partial charge < -0.3 is 0 Å². The minimum absolute atomic E-state index is 0.122. The molecule has 2 aromatic rings. The van der Waals surface area contributed by atoms with Gasteiger partial charge in [0.05, 0.1) is 0 Å². The first-order chi connectivity index (χ1) is 9.60. The van der Waals surface area contributed by atoms with Crippen LogP contribution in [-0.4, -0.2) is 6.04 Å². The molecule has 0 amide bonds. The highest BCUT2D eigenvalue weighted by molar-refractivity contribution is 6.31. The zero-order chi connectivity index (χ0) is 14.5. The van der Waals surface area contributed by atoms with Crippen molar-refractivity contribution < 1.29 is 4.39 Å². The maximum atomic E-state index is 13.8. The van der Waals surface area contributed by atoms with Gasteiger partial charge in [0, 0.05) is 21.7 Å². The molecule has 0 aliphatic carbocycles. The molecule has 1 unspecified atom stereocenters. The number of hydrogen-bond donors (Lipinski definition) is 2. The fourth-order valence-corrected chi connectivity index (χ4v) is 2.57. The highest BCUT2D eigenvalue weighted by Crippen LogP contribution is 2.21. The van der Waals surface area contributed by atoms with Crippen LogP contribution >= 0.6 is 23.2 Å². The Morgan fingerprint density at radius 3 is 2.50 bits per heavy atom. The number of halogens is 3. The lowest BCUT2D eigenvalue weighted by Crippen LogP contribution is -2.38. The van der Waals surface area contributed by atoms with Gasteiger partial charge >= 0.3 is 0 Å². The van der Waals surface area contributed by atoms with Crippen molar-refractivity contribution in [2.45, 2.75) is 18.9 Å². The van der Waals surface area contributed by atoms with E-state index in [1.807, 2.05) is 24.3 Å². The van der Waals surface area contributed by atoms with Gasteiger partial charge in [0.15, 0.2) is 0 Å². The third kappa shape index (κ3) is 3.93. The van der Waals surface area contributed by atoms with Gasteiger partial charge in [-0.05, 0) is 42.7 Å². The third-order valence-electron chi connectivity index (χ3n) is 3.12. The van der Waals surface area contributed by atoms with E-state index in [9.17, 15) is 4.39 Å². The molecule has 0 aromatic heterocycles. The van der Waals surface area contributed by atoms with Gasteiger partial charge in [0.1, 0.15) is 5.82 Å². The van der Waals surface area contributed by atoms with Gasteiger partial charge in [0.2, 0.25) is 0 Å². The lowest BCUT2D eigenvalue weighted by atomic mass is 9.99. The lowest BCUT2D eigenvalue weighted by Gasteiger charge is -2.17. The van der Waals surface area contributed by atoms with Crippen LogP contribution < -0.4 is 11.3 Å². The lowest BCUT2D eigenvalue weighted by molar-refractivity contribution is 0.506. The molecule has 0 saturated heterocycles. The Kier molecular flexibility index (Phi) is 5.38. The van der Waals surface area contributed by atoms with Crippen LogP contribution in [0.5, 0.6) is 0 Å². The second kappa shape index (κ2) is 7.04. The van der Waals surface area contributed by atoms with Crippen molar-refractivity contribution in [2.24, 2.45) is 5.84 Å². The number of hydrazine groups is 1. The Bertz CT molecular complexity index is 570. The molecule has 0 heterocycles. The Labute approximate surface area is 127 Å². The Balaban J connectivity index is 2.13. The van der Waals surface area contributed by atoms with Crippen LogP contribution in [0.4, 0.5) is 4.39 Å². The van der Waals surface area contributed by atoms with E-state index >= 15 is 0 Å². The molecule has 106 valence electrons. The van der Waals surface area contributed by atoms with Crippen molar-refractivity contribution in [3.8, 4) is 0 Å². The van der Waals surface area contributed by atoms with E-state index in [-0.39, 0.29) is 11.9 Å². The largest absolute Gasteiger partial charge is 0.271 e. The number of benzene rings is 2. The van der Waals surface area contributed by atoms with E-state index < -0.39 is 0 Å². The molecule has 0 radical (unpaired) electrons. The van der Waals surface area contributed by atoms with Crippen molar-refractivity contribution in [3.05, 3.63) is 69.5 Å². The molecule has 2 rings (SSSR count). The zero-order valence-electron chi connectivity index (χ0n) is 10.7. The molecule has 2 aromatic carbocycles. The molecular formula is C15H15Cl2FN2. The molecule has 0 saturated carbocycles. The van der Waals surface area contributed by atoms with Crippen molar-refractivity contribution in [3.63, 3.8) is 0 Å². The average Bonchev–Trinajstić information content (AvgIpc) is 2.42. The topological polar surface area (TPSA) is 38.0 Å². The summed E-state index contributed by atoms with van der Waals surface area (Å²) in [7, 11) is 0. The second-order valence-electron chi connectivity index (χ2n) is 4.60. The number of rotatable bonds is 5. The highest BCUT2D eigenvalue weighted by atomic mass is 35.5. The summed E-state index contributed by atoms with van der Waals surface area (Å²) < 4.78 is 13.8. The first-order valence-corrected chi connectivity index (χ1v) is 6.99. The summed E-state index contributed by atoms with van der Waals surface area (Å²) in [5, 5.41) is 1.08. The summed E-state index contributed by atoms with van der Waals surface area (Å²) in [6, 6.07) is 12.0. The summed E-state index contributed by atoms with van der Waals surface area (Å²) in [4.78, 5) is 0. The molecule has 0 fully saturated rings. The molecule has 0 aliphatic rings. The maximum absolute atomic E-state index is 13.8. The van der Waals surface area contributed by atoms with E-state index in [0.29, 0.717) is 28.5 Å². The van der Waals surface area contributed by atoms with Crippen molar-refractivity contribution in [2.75, 3.05) is 0 Å². The first kappa shape index (κ1) is 15.3. The number of nitrogens with two attached hydrogens (primary N) is 1. The van der Waals surface area contributed by atoms with Crippen LogP contribution in [0, 0.1) is 5.82 Å². The van der Waals surface area contributed by atoms with Crippen LogP contribution in [0.1, 0.15) is 11.1 Å². The van der Waals surface area contributed by atoms with Crippen LogP contribution in [0.15, 0.2) is 42.5 Å². The van der Waals surface area contributed by atoms with E-state index in [1.54, 1.807) is 12.1 Å². The molecule has 0 aliphatic heterocycles. The fraction of sp³-hybridized carbons (Fsp3) is 0.200. The molecule has 5 heteroatoms. The molecule has 0 bridgehead atoms. The predicted octanol–water partition coefficient (Wildman–Crippen LogP) is 3.75. The van der Waals surface area contributed by atoms with Crippen LogP contribution in [0.3, 0.4) is 0 Å². The third-order valence-corrected chi connectivity index (χ3v) is 3.71. The molecule has 1 atom stereocenters. The molecular weight excluding hydrogens is 298 g/mol. The van der Waals surface area contributed by atoms with Gasteiger partial charge in [-0.1, -0.05) is 41.4 Å². The zero-order valence-corrected chi connectivity index (χ0v) is 12.3. The van der Waals surface area contributed by atoms with Crippen LogP contribution in [0.2, 0.25) is 10.0 Å². The Morgan fingerprint density at radius 1 is 1.10 bits per heavy atom. The van der Waals surface area contributed by atoms with Crippen LogP contribution in [0.25, 0.3) is 0 Å². The molecule has 0 spiro atoms. The van der Waals surface area contributed by atoms with Crippen molar-refractivity contribution in [1.29, 1.82) is 0 Å². The average molecular weight is 313 g/mol. The smallest absolute Gasteiger partial charge is 0.127 e. The maximum Gasteiger partial charge on any atom is 0.127 e. The van der Waals surface area contributed by atoms with E-state index in [0.717, 1.165) is 5.56 Å². The number of hydrogen-bond acceptors (Lipinski definition) is 2. The quantitative estimate of drug-likeness (QED) is 0.652. The first-order valence-electron chi connectivity index (χ1n) is 6.23. The summed E-state index contributed by atoms with van der Waals surface area (Å²) in [5.74, 6) is 5.24. The van der Waals surface area contributed by atoms with E-state index in [4.69, 9.17) is 29.0 Å². The van der Waals surface area contributed by atoms with E-state index in [1.165, 1.54) is 6.07 Å². The minimum Gasteiger partial charge on any atom is -0.271 e. The highest BCUT2D eigenvalue weighted by Gasteiger charge is 2.14. The van der Waals surface area contributed by atoms with Crippen molar-refractivity contribution in [1.82, 2.24) is 5.43 Å².